The van der Waals surface area contributed by atoms with Gasteiger partial charge in [-0.25, -0.2) is 9.59 Å². The molecule has 0 aromatic heterocycles. The summed E-state index contributed by atoms with van der Waals surface area (Å²) in [6, 6.07) is 1.57. The second kappa shape index (κ2) is 39.4. The van der Waals surface area contributed by atoms with Crippen molar-refractivity contribution in [2.75, 3.05) is 37.8 Å². The summed E-state index contributed by atoms with van der Waals surface area (Å²) in [5.74, 6) is -13.5. The minimum absolute atomic E-state index is 0.0131. The van der Waals surface area contributed by atoms with Gasteiger partial charge in [0.1, 0.15) is 48.0 Å². The molecular weight excluding hydrogens is 1170 g/mol. The van der Waals surface area contributed by atoms with Crippen LogP contribution in [0.3, 0.4) is 0 Å². The first-order chi connectivity index (χ1) is 41.5. The van der Waals surface area contributed by atoms with Crippen molar-refractivity contribution in [1.29, 1.82) is 0 Å². The smallest absolute Gasteiger partial charge is 0.341 e. The number of carboxylic acids is 2. The Bertz CT molecular complexity index is 2700. The Kier molecular flexibility index (Phi) is 33.9. The third kappa shape index (κ3) is 28.9. The molecule has 30 heteroatoms. The van der Waals surface area contributed by atoms with Crippen LogP contribution in [0.1, 0.15) is 115 Å². The number of hydrogen-bond donors (Lipinski definition) is 15. The van der Waals surface area contributed by atoms with Crippen LogP contribution >= 0.6 is 11.8 Å². The molecule has 0 radical (unpaired) electrons. The standard InChI is InChI=1S/C58H88N12O17S/c1-8-9-12-39(65-55(82)42(25-45(60)72)67-54(81)40(22-31(2)3)66-50(77)33(6)11-10-21-59)52(79)70-49(32(4)5)57(84)68-43(27-71)56(83)69-44(51(78)62-26-46(61)73)29-88-30-47(74)64-41(24-36-15-19-38(20-16-36)87-28-48(75)76)53(80)63-34(7)23-35-13-17-37(18-14-35)58(85)86/h13-20,31-34,39-44,49,71H,8-12,21-30,59H2,1-7H3,(H2,60,72)(H2,61,73)(H,62,78)(H,63,80)(H,64,74)(H,65,82)(H,66,77)(H,67,81)(H,68,84)(H,69,83)(H,70,79)(H,75,76)(H,85,86)/t33-,34+,39-,40+,41-,42-,43-,44-,49-/m0/s1. The zero-order valence-corrected chi connectivity index (χ0v) is 51.6. The summed E-state index contributed by atoms with van der Waals surface area (Å²) in [5.41, 5.74) is 17.7. The van der Waals surface area contributed by atoms with Crippen LogP contribution in [0.15, 0.2) is 48.5 Å². The molecule has 2 rings (SSSR count). The van der Waals surface area contributed by atoms with Crippen LogP contribution in [-0.2, 0) is 70.4 Å². The number of nitrogens with two attached hydrogens (primary N) is 3. The van der Waals surface area contributed by atoms with Gasteiger partial charge in [-0.1, -0.05) is 78.6 Å². The lowest BCUT2D eigenvalue weighted by atomic mass is 9.99. The van der Waals surface area contributed by atoms with Crippen molar-refractivity contribution in [2.24, 2.45) is 35.0 Å². The maximum absolute atomic E-state index is 14.0. The first-order valence-corrected chi connectivity index (χ1v) is 30.0. The minimum atomic E-state index is -1.78. The van der Waals surface area contributed by atoms with E-state index < -0.39 is 169 Å². The van der Waals surface area contributed by atoms with Crippen molar-refractivity contribution in [1.82, 2.24) is 47.9 Å². The predicted octanol–water partition coefficient (Wildman–Crippen LogP) is -2.00. The van der Waals surface area contributed by atoms with Crippen LogP contribution in [0.25, 0.3) is 0 Å². The van der Waals surface area contributed by atoms with Crippen LogP contribution in [0.4, 0.5) is 0 Å². The van der Waals surface area contributed by atoms with Crippen LogP contribution in [-0.4, -0.2) is 178 Å². The fraction of sp³-hybridized carbons (Fsp3) is 0.569. The molecule has 0 saturated carbocycles. The number of rotatable bonds is 42. The fourth-order valence-corrected chi connectivity index (χ4v) is 9.41. The van der Waals surface area contributed by atoms with Gasteiger partial charge >= 0.3 is 11.9 Å². The van der Waals surface area contributed by atoms with E-state index in [9.17, 15) is 72.5 Å². The lowest BCUT2D eigenvalue weighted by molar-refractivity contribution is -0.139. The number of carbonyl (C=O) groups excluding carboxylic acids is 11. The summed E-state index contributed by atoms with van der Waals surface area (Å²) in [7, 11) is 0. The molecule has 488 valence electrons. The number of aromatic carboxylic acids is 1. The van der Waals surface area contributed by atoms with E-state index in [1.165, 1.54) is 24.3 Å². The van der Waals surface area contributed by atoms with E-state index in [1.807, 2.05) is 20.8 Å². The number of hydrogen-bond acceptors (Lipinski definition) is 17. The molecule has 0 aliphatic heterocycles. The molecule has 0 fully saturated rings. The largest absolute Gasteiger partial charge is 0.482 e. The number of benzene rings is 2. The van der Waals surface area contributed by atoms with Crippen LogP contribution in [0, 0.1) is 17.8 Å². The Balaban J connectivity index is 2.30. The number of primary amides is 2. The van der Waals surface area contributed by atoms with E-state index in [-0.39, 0.29) is 48.7 Å². The number of aliphatic carboxylic acids is 1. The molecular formula is C58H88N12O17S. The number of unbranched alkanes of at least 4 members (excludes halogenated alkanes) is 1. The third-order valence-electron chi connectivity index (χ3n) is 13.3. The molecule has 88 heavy (non-hydrogen) atoms. The number of thioether (sulfide) groups is 1. The van der Waals surface area contributed by atoms with Gasteiger partial charge in [-0.05, 0) is 92.8 Å². The summed E-state index contributed by atoms with van der Waals surface area (Å²) in [6.07, 6.45) is 1.65. The van der Waals surface area contributed by atoms with Gasteiger partial charge in [0.15, 0.2) is 6.61 Å². The third-order valence-corrected chi connectivity index (χ3v) is 14.3. The Morgan fingerprint density at radius 2 is 1.11 bits per heavy atom. The van der Waals surface area contributed by atoms with Crippen molar-refractivity contribution >= 4 is 88.7 Å². The van der Waals surface area contributed by atoms with E-state index in [4.69, 9.17) is 27.0 Å². The average molecular weight is 1260 g/mol. The molecule has 0 unspecified atom stereocenters. The number of nitrogens with one attached hydrogen (secondary N) is 9. The lowest BCUT2D eigenvalue weighted by Crippen LogP contribution is -2.61. The van der Waals surface area contributed by atoms with Crippen molar-refractivity contribution in [3.05, 3.63) is 65.2 Å². The van der Waals surface area contributed by atoms with Crippen LogP contribution in [0.2, 0.25) is 0 Å². The summed E-state index contributed by atoms with van der Waals surface area (Å²) in [6.45, 7) is 9.97. The maximum Gasteiger partial charge on any atom is 0.341 e. The number of amides is 11. The summed E-state index contributed by atoms with van der Waals surface area (Å²) in [4.78, 5) is 169. The van der Waals surface area contributed by atoms with Crippen LogP contribution in [0.5, 0.6) is 5.75 Å². The van der Waals surface area contributed by atoms with E-state index in [0.717, 1.165) is 11.8 Å². The van der Waals surface area contributed by atoms with Gasteiger partial charge in [0.05, 0.1) is 30.9 Å². The highest BCUT2D eigenvalue weighted by Crippen LogP contribution is 2.16. The van der Waals surface area contributed by atoms with E-state index in [2.05, 4.69) is 47.9 Å². The first kappa shape index (κ1) is 75.7. The monoisotopic (exact) mass is 1260 g/mol. The average Bonchev–Trinajstić information content (AvgIpc) is 3.65. The Morgan fingerprint density at radius 3 is 1.67 bits per heavy atom. The van der Waals surface area contributed by atoms with E-state index in [0.29, 0.717) is 43.4 Å². The molecule has 0 spiro atoms. The molecule has 0 heterocycles. The van der Waals surface area contributed by atoms with Gasteiger partial charge in [0.25, 0.3) is 0 Å². The minimum Gasteiger partial charge on any atom is -0.482 e. The normalized spacial score (nSPS) is 14.1. The SMILES string of the molecule is CCCC[C@H](NC(=O)[C@H](CC(N)=O)NC(=O)[C@@H](CC(C)C)NC(=O)[C@@H](C)CCCN)C(=O)N[C@H](C(=O)N[C@@H](CO)C(=O)N[C@@H](CSCC(=O)N[C@@H](Cc1ccc(OCC(=O)O)cc1)C(=O)N[C@H](C)Cc1ccc(C(=O)O)cc1)C(=O)NCC(N)=O)C(C)C. The summed E-state index contributed by atoms with van der Waals surface area (Å²) < 4.78 is 5.20. The molecule has 18 N–H and O–H groups in total. The van der Waals surface area contributed by atoms with Gasteiger partial charge in [0.2, 0.25) is 65.0 Å². The number of ether oxygens (including phenoxy) is 1. The molecule has 0 bridgehead atoms. The van der Waals surface area contributed by atoms with Gasteiger partial charge in [-0.2, -0.15) is 0 Å². The topological polar surface area (TPSA) is 478 Å². The van der Waals surface area contributed by atoms with E-state index in [1.54, 1.807) is 52.0 Å². The second-order valence-corrected chi connectivity index (χ2v) is 23.0. The highest BCUT2D eigenvalue weighted by molar-refractivity contribution is 8.00. The first-order valence-electron chi connectivity index (χ1n) is 28.9. The molecule has 0 saturated heterocycles. The lowest BCUT2D eigenvalue weighted by Gasteiger charge is -2.28. The van der Waals surface area contributed by atoms with Crippen LogP contribution < -0.4 is 69.8 Å². The van der Waals surface area contributed by atoms with Gasteiger partial charge < -0.3 is 85.1 Å². The molecule has 11 amide bonds. The van der Waals surface area contributed by atoms with Crippen molar-refractivity contribution in [2.45, 2.75) is 155 Å². The molecule has 2 aromatic carbocycles. The summed E-state index contributed by atoms with van der Waals surface area (Å²) >= 11 is 0.808. The Labute approximate surface area is 515 Å². The van der Waals surface area contributed by atoms with Gasteiger partial charge in [0, 0.05) is 24.1 Å². The van der Waals surface area contributed by atoms with Gasteiger partial charge in [-0.15, -0.1) is 11.8 Å². The van der Waals surface area contributed by atoms with Crippen molar-refractivity contribution in [3.63, 3.8) is 0 Å². The van der Waals surface area contributed by atoms with E-state index >= 15 is 0 Å². The quantitative estimate of drug-likeness (QED) is 0.0342. The maximum atomic E-state index is 14.0. The predicted molar refractivity (Wildman–Crippen MR) is 323 cm³/mol. The highest BCUT2D eigenvalue weighted by atomic mass is 32.2. The molecule has 9 atom stereocenters. The highest BCUT2D eigenvalue weighted by Gasteiger charge is 2.36. The van der Waals surface area contributed by atoms with Gasteiger partial charge in [-0.3, -0.25) is 52.7 Å². The molecule has 29 nitrogen and oxygen atoms in total. The summed E-state index contributed by atoms with van der Waals surface area (Å²) in [5, 5.41) is 51.5. The Morgan fingerprint density at radius 1 is 0.568 bits per heavy atom. The number of aliphatic hydroxyl groups excluding tert-OH is 1. The van der Waals surface area contributed by atoms with Crippen molar-refractivity contribution in [3.8, 4) is 5.75 Å². The number of carboxylic acid groups (broad SMARTS) is 2. The Hall–Kier alpha value is -8.38. The molecule has 2 aromatic rings. The second-order valence-electron chi connectivity index (χ2n) is 22.0. The zero-order chi connectivity index (χ0) is 66.2. The molecule has 0 aliphatic carbocycles. The molecule has 0 aliphatic rings. The zero-order valence-electron chi connectivity index (χ0n) is 50.8. The van der Waals surface area contributed by atoms with Crippen molar-refractivity contribution < 1.29 is 82.4 Å². The number of carbonyl (C=O) groups is 13. The number of aliphatic hydroxyl groups is 1. The fourth-order valence-electron chi connectivity index (χ4n) is 8.55.